The molecule has 2 aromatic rings. The monoisotopic (exact) mass is 228 g/mol. The largest absolute Gasteiger partial charge is 0.468 e. The van der Waals surface area contributed by atoms with Crippen molar-refractivity contribution >= 4 is 17.2 Å². The van der Waals surface area contributed by atoms with E-state index in [4.69, 9.17) is 4.74 Å². The Labute approximate surface area is 101 Å². The van der Waals surface area contributed by atoms with Gasteiger partial charge in [0.25, 0.3) is 6.47 Å². The number of benzene rings is 2. The molecule has 0 spiro atoms. The molecule has 2 nitrogen and oxygen atoms in total. The summed E-state index contributed by atoms with van der Waals surface area (Å²) in [5.41, 5.74) is 1.32. The summed E-state index contributed by atoms with van der Waals surface area (Å²) in [4.78, 5) is 10.1. The Balaban J connectivity index is 2.25. The van der Waals surface area contributed by atoms with Crippen LogP contribution >= 0.6 is 0 Å². The zero-order valence-corrected chi connectivity index (χ0v) is 9.93. The Hall–Kier alpha value is -1.83. The van der Waals surface area contributed by atoms with Gasteiger partial charge in [-0.25, -0.2) is 0 Å². The van der Waals surface area contributed by atoms with Crippen molar-refractivity contribution < 1.29 is 9.53 Å². The van der Waals surface area contributed by atoms with Crippen molar-refractivity contribution in [3.05, 3.63) is 48.0 Å². The van der Waals surface area contributed by atoms with Crippen LogP contribution in [0, 0.1) is 0 Å². The summed E-state index contributed by atoms with van der Waals surface area (Å²) in [6.45, 7) is 3.15. The fourth-order valence-corrected chi connectivity index (χ4v) is 2.13. The van der Waals surface area contributed by atoms with Gasteiger partial charge in [0, 0.05) is 0 Å². The molecule has 2 rings (SSSR count). The van der Waals surface area contributed by atoms with Gasteiger partial charge in [0.1, 0.15) is 0 Å². The van der Waals surface area contributed by atoms with E-state index in [9.17, 15) is 4.79 Å². The van der Waals surface area contributed by atoms with Crippen LogP contribution in [0.5, 0.6) is 0 Å². The lowest BCUT2D eigenvalue weighted by Gasteiger charge is -2.14. The van der Waals surface area contributed by atoms with E-state index in [1.54, 1.807) is 0 Å². The zero-order chi connectivity index (χ0) is 12.1. The highest BCUT2D eigenvalue weighted by atomic mass is 16.5. The lowest BCUT2D eigenvalue weighted by molar-refractivity contribution is -0.128. The van der Waals surface area contributed by atoms with Crippen molar-refractivity contribution in [1.29, 1.82) is 0 Å². The molecular formula is C15H16O2. The van der Waals surface area contributed by atoms with Crippen LogP contribution in [0.4, 0.5) is 0 Å². The molecule has 1 unspecified atom stereocenters. The first kappa shape index (κ1) is 11.6. The molecule has 0 heterocycles. The molecule has 0 aliphatic heterocycles. The van der Waals surface area contributed by atoms with Crippen molar-refractivity contribution in [3.8, 4) is 0 Å². The van der Waals surface area contributed by atoms with E-state index in [2.05, 4.69) is 43.3 Å². The Morgan fingerprint density at radius 3 is 2.76 bits per heavy atom. The average molecular weight is 228 g/mol. The molecule has 0 bridgehead atoms. The molecule has 0 N–H and O–H groups in total. The number of fused-ring (bicyclic) bond motifs is 1. The fourth-order valence-electron chi connectivity index (χ4n) is 2.13. The van der Waals surface area contributed by atoms with Crippen LogP contribution in [-0.4, -0.2) is 13.1 Å². The molecular weight excluding hydrogens is 212 g/mol. The van der Waals surface area contributed by atoms with Gasteiger partial charge in [0.15, 0.2) is 0 Å². The van der Waals surface area contributed by atoms with E-state index in [0.717, 1.165) is 6.42 Å². The van der Waals surface area contributed by atoms with Gasteiger partial charge in [0.2, 0.25) is 0 Å². The van der Waals surface area contributed by atoms with Crippen LogP contribution in [0.25, 0.3) is 10.8 Å². The third kappa shape index (κ3) is 2.64. The minimum Gasteiger partial charge on any atom is -0.468 e. The van der Waals surface area contributed by atoms with Crippen LogP contribution in [0.3, 0.4) is 0 Å². The van der Waals surface area contributed by atoms with Gasteiger partial charge in [-0.15, -0.1) is 0 Å². The second kappa shape index (κ2) is 5.48. The highest BCUT2D eigenvalue weighted by Gasteiger charge is 2.08. The van der Waals surface area contributed by atoms with Crippen LogP contribution in [-0.2, 0) is 9.53 Å². The molecule has 2 heteroatoms. The Kier molecular flexibility index (Phi) is 3.76. The van der Waals surface area contributed by atoms with E-state index in [1.807, 2.05) is 6.07 Å². The predicted molar refractivity (Wildman–Crippen MR) is 69.0 cm³/mol. The summed E-state index contributed by atoms with van der Waals surface area (Å²) in [7, 11) is 0. The molecule has 0 radical (unpaired) electrons. The summed E-state index contributed by atoms with van der Waals surface area (Å²) in [5.74, 6) is 0.390. The first-order chi connectivity index (χ1) is 8.33. The molecule has 2 aromatic carbocycles. The van der Waals surface area contributed by atoms with Gasteiger partial charge in [-0.2, -0.15) is 0 Å². The highest BCUT2D eigenvalue weighted by molar-refractivity contribution is 5.86. The molecule has 0 aliphatic rings. The second-order valence-corrected chi connectivity index (χ2v) is 4.23. The Morgan fingerprint density at radius 2 is 1.94 bits per heavy atom. The summed E-state index contributed by atoms with van der Waals surface area (Å²) in [5, 5.41) is 2.54. The summed E-state index contributed by atoms with van der Waals surface area (Å²) in [6.07, 6.45) is 0.854. The average Bonchev–Trinajstić information content (AvgIpc) is 2.38. The second-order valence-electron chi connectivity index (χ2n) is 4.23. The van der Waals surface area contributed by atoms with Crippen molar-refractivity contribution in [2.45, 2.75) is 19.3 Å². The van der Waals surface area contributed by atoms with Crippen molar-refractivity contribution in [3.63, 3.8) is 0 Å². The van der Waals surface area contributed by atoms with Gasteiger partial charge in [-0.3, -0.25) is 4.79 Å². The number of carbonyl (C=O) groups excluding carboxylic acids is 1. The predicted octanol–water partition coefficient (Wildman–Crippen LogP) is 3.51. The summed E-state index contributed by atoms with van der Waals surface area (Å²) in [6, 6.07) is 14.7. The van der Waals surface area contributed by atoms with Crippen LogP contribution < -0.4 is 0 Å². The number of hydrogen-bond donors (Lipinski definition) is 0. The molecule has 0 aliphatic carbocycles. The zero-order valence-electron chi connectivity index (χ0n) is 9.93. The van der Waals surface area contributed by atoms with Crippen LogP contribution in [0.15, 0.2) is 42.5 Å². The maximum Gasteiger partial charge on any atom is 0.293 e. The summed E-state index contributed by atoms with van der Waals surface area (Å²) >= 11 is 0. The molecule has 1 atom stereocenters. The maximum absolute atomic E-state index is 10.1. The van der Waals surface area contributed by atoms with Crippen molar-refractivity contribution in [1.82, 2.24) is 0 Å². The SMILES string of the molecule is CC(CCOC=O)c1cccc2ccccc12. The normalized spacial score (nSPS) is 12.3. The van der Waals surface area contributed by atoms with Gasteiger partial charge in [-0.05, 0) is 28.7 Å². The maximum atomic E-state index is 10.1. The van der Waals surface area contributed by atoms with E-state index in [1.165, 1.54) is 16.3 Å². The van der Waals surface area contributed by atoms with Crippen LogP contribution in [0.2, 0.25) is 0 Å². The molecule has 0 fully saturated rings. The third-order valence-corrected chi connectivity index (χ3v) is 3.09. The van der Waals surface area contributed by atoms with E-state index < -0.39 is 0 Å². The van der Waals surface area contributed by atoms with E-state index in [0.29, 0.717) is 19.0 Å². The number of ether oxygens (including phenoxy) is 1. The third-order valence-electron chi connectivity index (χ3n) is 3.09. The molecule has 0 aromatic heterocycles. The van der Waals surface area contributed by atoms with Crippen molar-refractivity contribution in [2.75, 3.05) is 6.61 Å². The van der Waals surface area contributed by atoms with Gasteiger partial charge in [-0.1, -0.05) is 49.4 Å². The topological polar surface area (TPSA) is 26.3 Å². The lowest BCUT2D eigenvalue weighted by atomic mass is 9.93. The number of carbonyl (C=O) groups is 1. The molecule has 17 heavy (non-hydrogen) atoms. The van der Waals surface area contributed by atoms with Crippen molar-refractivity contribution in [2.24, 2.45) is 0 Å². The quantitative estimate of drug-likeness (QED) is 0.578. The molecule has 0 saturated carbocycles. The molecule has 0 amide bonds. The van der Waals surface area contributed by atoms with E-state index >= 15 is 0 Å². The minimum absolute atomic E-state index is 0.390. The van der Waals surface area contributed by atoms with E-state index in [-0.39, 0.29) is 0 Å². The van der Waals surface area contributed by atoms with Crippen LogP contribution in [0.1, 0.15) is 24.8 Å². The fraction of sp³-hybridized carbons (Fsp3) is 0.267. The number of hydrogen-bond acceptors (Lipinski definition) is 2. The number of rotatable bonds is 5. The standard InChI is InChI=1S/C15H16O2/c1-12(9-10-17-11-16)14-8-4-6-13-5-2-3-7-15(13)14/h2-8,11-12H,9-10H2,1H3. The minimum atomic E-state index is 0.390. The highest BCUT2D eigenvalue weighted by Crippen LogP contribution is 2.27. The van der Waals surface area contributed by atoms with Gasteiger partial charge >= 0.3 is 0 Å². The molecule has 0 saturated heterocycles. The first-order valence-corrected chi connectivity index (χ1v) is 5.86. The summed E-state index contributed by atoms with van der Waals surface area (Å²) < 4.78 is 4.76. The molecule has 88 valence electrons. The Morgan fingerprint density at radius 1 is 1.18 bits per heavy atom. The lowest BCUT2D eigenvalue weighted by Crippen LogP contribution is -2.00. The van der Waals surface area contributed by atoms with Gasteiger partial charge in [0.05, 0.1) is 6.61 Å². The Bertz CT molecular complexity index is 500. The first-order valence-electron chi connectivity index (χ1n) is 5.86. The van der Waals surface area contributed by atoms with Gasteiger partial charge < -0.3 is 4.74 Å². The smallest absolute Gasteiger partial charge is 0.293 e.